The van der Waals surface area contributed by atoms with Crippen LogP contribution in [0.4, 0.5) is 0 Å². The van der Waals surface area contributed by atoms with Crippen molar-refractivity contribution in [2.75, 3.05) is 0 Å². The molecule has 5 heteroatoms. The summed E-state index contributed by atoms with van der Waals surface area (Å²) in [5.41, 5.74) is 12.8. The normalized spacial score (nSPS) is 13.8. The highest BCUT2D eigenvalue weighted by atomic mass is 16.3. The summed E-state index contributed by atoms with van der Waals surface area (Å²) >= 11 is 0. The number of nitrogens with zero attached hydrogens (tertiary/aromatic N) is 4. The van der Waals surface area contributed by atoms with Gasteiger partial charge in [0.2, 0.25) is 0 Å². The first kappa shape index (κ1) is 32.1. The number of allylic oxidation sites excluding steroid dienone is 1. The lowest BCUT2D eigenvalue weighted by molar-refractivity contribution is 0.664. The molecule has 0 bridgehead atoms. The van der Waals surface area contributed by atoms with Gasteiger partial charge in [-0.25, -0.2) is 15.0 Å². The second-order valence-corrected chi connectivity index (χ2v) is 14.3. The van der Waals surface area contributed by atoms with Crippen molar-refractivity contribution in [2.45, 2.75) is 12.3 Å². The summed E-state index contributed by atoms with van der Waals surface area (Å²) in [6, 6.07) is 61.3. The van der Waals surface area contributed by atoms with Gasteiger partial charge in [0.15, 0.2) is 17.2 Å². The number of hydrogen-bond donors (Lipinski definition) is 0. The summed E-state index contributed by atoms with van der Waals surface area (Å²) in [6.45, 7) is 0. The molecular weight excluding hydrogens is 685 g/mol. The number of furan rings is 1. The van der Waals surface area contributed by atoms with Gasteiger partial charge in [-0.15, -0.1) is 0 Å². The predicted molar refractivity (Wildman–Crippen MR) is 228 cm³/mol. The Morgan fingerprint density at radius 3 is 1.79 bits per heavy atom. The quantitative estimate of drug-likeness (QED) is 0.172. The molecule has 0 saturated carbocycles. The van der Waals surface area contributed by atoms with Crippen LogP contribution in [0.25, 0.3) is 89.6 Å². The average molecular weight is 719 g/mol. The lowest BCUT2D eigenvalue weighted by Gasteiger charge is -2.20. The number of benzene rings is 7. The summed E-state index contributed by atoms with van der Waals surface area (Å²) in [7, 11) is 0. The molecule has 10 aromatic rings. The van der Waals surface area contributed by atoms with Gasteiger partial charge in [0, 0.05) is 56.4 Å². The van der Waals surface area contributed by atoms with Crippen LogP contribution in [0.1, 0.15) is 23.0 Å². The van der Waals surface area contributed by atoms with Gasteiger partial charge in [-0.1, -0.05) is 170 Å². The zero-order valence-corrected chi connectivity index (χ0v) is 30.4. The van der Waals surface area contributed by atoms with E-state index in [9.17, 15) is 0 Å². The van der Waals surface area contributed by atoms with E-state index in [1.807, 2.05) is 36.4 Å². The summed E-state index contributed by atoms with van der Waals surface area (Å²) in [5, 5.41) is 3.39. The molecule has 264 valence electrons. The largest absolute Gasteiger partial charge is 0.453 e. The van der Waals surface area contributed by atoms with Crippen molar-refractivity contribution in [1.82, 2.24) is 19.5 Å². The third-order valence-electron chi connectivity index (χ3n) is 11.0. The molecule has 11 rings (SSSR count). The standard InChI is InChI=1S/C51H34N4O/c1-4-15-33(16-5-1)36-21-12-22-37(31-36)39-24-13-25-42-43-26-14-28-45(48(43)56-47(39)42)55-44-27-11-10-23-40(44)41-30-29-38(32-46(41)55)51-53-49(34-17-6-2-7-18-34)52-50(54-51)35-19-8-3-9-20-35/h1-31,38H,32H2. The van der Waals surface area contributed by atoms with Crippen molar-refractivity contribution in [3.05, 3.63) is 199 Å². The number of fused-ring (bicyclic) bond motifs is 6. The number of hydrogen-bond acceptors (Lipinski definition) is 4. The fourth-order valence-electron chi connectivity index (χ4n) is 8.34. The van der Waals surface area contributed by atoms with Crippen LogP contribution in [-0.2, 0) is 6.42 Å². The number of para-hydroxylation sites is 3. The third-order valence-corrected chi connectivity index (χ3v) is 11.0. The van der Waals surface area contributed by atoms with Gasteiger partial charge >= 0.3 is 0 Å². The van der Waals surface area contributed by atoms with E-state index < -0.39 is 0 Å². The van der Waals surface area contributed by atoms with Crippen LogP contribution >= 0.6 is 0 Å². The third kappa shape index (κ3) is 5.36. The molecule has 56 heavy (non-hydrogen) atoms. The van der Waals surface area contributed by atoms with Crippen molar-refractivity contribution in [1.29, 1.82) is 0 Å². The predicted octanol–water partition coefficient (Wildman–Crippen LogP) is 12.7. The Kier molecular flexibility index (Phi) is 7.56. The topological polar surface area (TPSA) is 56.7 Å². The Labute approximate surface area is 323 Å². The van der Waals surface area contributed by atoms with E-state index in [1.165, 1.54) is 27.8 Å². The van der Waals surface area contributed by atoms with E-state index in [1.54, 1.807) is 0 Å². The number of rotatable bonds is 6. The first-order chi connectivity index (χ1) is 27.8. The summed E-state index contributed by atoms with van der Waals surface area (Å²) < 4.78 is 9.45. The average Bonchev–Trinajstić information content (AvgIpc) is 3.83. The van der Waals surface area contributed by atoms with E-state index in [0.29, 0.717) is 18.1 Å². The van der Waals surface area contributed by atoms with Crippen LogP contribution in [0.2, 0.25) is 0 Å². The molecule has 0 N–H and O–H groups in total. The second-order valence-electron chi connectivity index (χ2n) is 14.3. The summed E-state index contributed by atoms with van der Waals surface area (Å²) in [4.78, 5) is 15.2. The van der Waals surface area contributed by atoms with Gasteiger partial charge in [-0.3, -0.25) is 0 Å². The molecule has 1 atom stereocenters. The monoisotopic (exact) mass is 718 g/mol. The highest BCUT2D eigenvalue weighted by Crippen LogP contribution is 2.43. The van der Waals surface area contributed by atoms with E-state index >= 15 is 0 Å². The second kappa shape index (κ2) is 13.2. The Hall–Kier alpha value is -7.37. The molecule has 3 aromatic heterocycles. The molecule has 1 unspecified atom stereocenters. The van der Waals surface area contributed by atoms with Crippen LogP contribution in [0.5, 0.6) is 0 Å². The van der Waals surface area contributed by atoms with Crippen molar-refractivity contribution in [2.24, 2.45) is 0 Å². The zero-order valence-electron chi connectivity index (χ0n) is 30.4. The van der Waals surface area contributed by atoms with E-state index in [2.05, 4.69) is 156 Å². The Morgan fingerprint density at radius 2 is 1.05 bits per heavy atom. The van der Waals surface area contributed by atoms with Crippen LogP contribution in [-0.4, -0.2) is 19.5 Å². The van der Waals surface area contributed by atoms with Crippen LogP contribution in [0.15, 0.2) is 186 Å². The maximum absolute atomic E-state index is 7.05. The van der Waals surface area contributed by atoms with Gasteiger partial charge in [0.05, 0.1) is 11.2 Å². The maximum Gasteiger partial charge on any atom is 0.163 e. The van der Waals surface area contributed by atoms with Gasteiger partial charge in [0.25, 0.3) is 0 Å². The molecule has 1 aliphatic rings. The molecule has 3 heterocycles. The summed E-state index contributed by atoms with van der Waals surface area (Å²) in [5.74, 6) is 2.02. The van der Waals surface area contributed by atoms with Gasteiger partial charge in [-0.05, 0) is 34.9 Å². The molecule has 0 saturated heterocycles. The molecule has 0 amide bonds. The highest BCUT2D eigenvalue weighted by Gasteiger charge is 2.28. The van der Waals surface area contributed by atoms with Gasteiger partial charge in [0.1, 0.15) is 11.4 Å². The molecule has 0 fully saturated rings. The van der Waals surface area contributed by atoms with Crippen LogP contribution < -0.4 is 0 Å². The lowest BCUT2D eigenvalue weighted by Crippen LogP contribution is -2.14. The Morgan fingerprint density at radius 1 is 0.482 bits per heavy atom. The molecule has 0 aliphatic heterocycles. The Bertz CT molecular complexity index is 3050. The maximum atomic E-state index is 7.05. The van der Waals surface area contributed by atoms with Gasteiger partial charge < -0.3 is 8.98 Å². The molecule has 5 nitrogen and oxygen atoms in total. The SMILES string of the molecule is C1=CC(c2nc(-c3ccccc3)nc(-c3ccccc3)n2)Cc2c1c1ccccc1n2-c1cccc2c1oc1c(-c3cccc(-c4ccccc4)c3)cccc12. The van der Waals surface area contributed by atoms with Crippen molar-refractivity contribution in [3.8, 4) is 50.7 Å². The number of aromatic nitrogens is 4. The minimum Gasteiger partial charge on any atom is -0.453 e. The summed E-state index contributed by atoms with van der Waals surface area (Å²) in [6.07, 6.45) is 5.23. The lowest BCUT2D eigenvalue weighted by atomic mass is 9.92. The molecule has 7 aromatic carbocycles. The smallest absolute Gasteiger partial charge is 0.163 e. The first-order valence-electron chi connectivity index (χ1n) is 19.0. The van der Waals surface area contributed by atoms with E-state index in [0.717, 1.165) is 61.2 Å². The van der Waals surface area contributed by atoms with Gasteiger partial charge in [-0.2, -0.15) is 0 Å². The minimum absolute atomic E-state index is 0.0724. The molecule has 0 spiro atoms. The fourth-order valence-corrected chi connectivity index (χ4v) is 8.34. The molecule has 1 aliphatic carbocycles. The van der Waals surface area contributed by atoms with Crippen LogP contribution in [0.3, 0.4) is 0 Å². The molecule has 0 radical (unpaired) electrons. The van der Waals surface area contributed by atoms with E-state index in [-0.39, 0.29) is 5.92 Å². The van der Waals surface area contributed by atoms with Crippen molar-refractivity contribution >= 4 is 38.9 Å². The fraction of sp³-hybridized carbons (Fsp3) is 0.0392. The van der Waals surface area contributed by atoms with E-state index in [4.69, 9.17) is 19.4 Å². The van der Waals surface area contributed by atoms with Crippen molar-refractivity contribution in [3.63, 3.8) is 0 Å². The Balaban J connectivity index is 1.07. The minimum atomic E-state index is -0.0724. The van der Waals surface area contributed by atoms with Crippen molar-refractivity contribution < 1.29 is 4.42 Å². The molecular formula is C51H34N4O. The zero-order chi connectivity index (χ0) is 37.0. The first-order valence-corrected chi connectivity index (χ1v) is 19.0. The van der Waals surface area contributed by atoms with Crippen LogP contribution in [0, 0.1) is 0 Å². The highest BCUT2D eigenvalue weighted by molar-refractivity contribution is 6.12.